The van der Waals surface area contributed by atoms with Crippen molar-refractivity contribution in [2.75, 3.05) is 6.54 Å². The molecule has 1 fully saturated rings. The van der Waals surface area contributed by atoms with Gasteiger partial charge in [0.2, 0.25) is 0 Å². The van der Waals surface area contributed by atoms with Gasteiger partial charge in [0.05, 0.1) is 0 Å². The molecule has 0 saturated carbocycles. The van der Waals surface area contributed by atoms with Crippen molar-refractivity contribution in [3.8, 4) is 0 Å². The molecule has 0 bridgehead atoms. The Labute approximate surface area is 72.5 Å². The Kier molecular flexibility index (Phi) is 2.11. The van der Waals surface area contributed by atoms with E-state index in [0.717, 1.165) is 13.0 Å². The minimum absolute atomic E-state index is 0.256. The van der Waals surface area contributed by atoms with Crippen LogP contribution in [-0.4, -0.2) is 6.54 Å². The minimum Gasteiger partial charge on any atom is -0.294 e. The van der Waals surface area contributed by atoms with Crippen LogP contribution in [0.15, 0.2) is 24.3 Å². The third-order valence-corrected chi connectivity index (χ3v) is 2.27. The largest absolute Gasteiger partial charge is 0.294 e. The predicted octanol–water partition coefficient (Wildman–Crippen LogP) is 1.96. The first kappa shape index (κ1) is 7.77. The Morgan fingerprint density at radius 1 is 1.42 bits per heavy atom. The number of aryl methyl sites for hydroxylation is 1. The molecule has 1 heterocycles. The molecule has 2 rings (SSSR count). The summed E-state index contributed by atoms with van der Waals surface area (Å²) in [5.74, 6) is 0. The quantitative estimate of drug-likeness (QED) is 0.683. The number of hydrogen-bond donors (Lipinski definition) is 1. The summed E-state index contributed by atoms with van der Waals surface area (Å²) in [6, 6.07) is 8.37. The van der Waals surface area contributed by atoms with Gasteiger partial charge in [-0.2, -0.15) is 0 Å². The molecule has 0 radical (unpaired) electrons. The second-order valence-electron chi connectivity index (χ2n) is 3.15. The molecule has 0 aliphatic carbocycles. The lowest BCUT2D eigenvalue weighted by Crippen LogP contribution is -2.05. The minimum atomic E-state index is 0.256. The monoisotopic (exact) mass is 163 g/mol. The van der Waals surface area contributed by atoms with Crippen LogP contribution in [0.4, 0.5) is 0 Å². The molecule has 64 valence electrons. The zero-order valence-corrected chi connectivity index (χ0v) is 7.21. The molecule has 1 saturated heterocycles. The van der Waals surface area contributed by atoms with Crippen LogP contribution in [0.3, 0.4) is 0 Å². The second-order valence-corrected chi connectivity index (χ2v) is 3.15. The lowest BCUT2D eigenvalue weighted by Gasteiger charge is -2.10. The number of nitrogens with one attached hydrogen (secondary N) is 1. The van der Waals surface area contributed by atoms with Crippen LogP contribution in [0.5, 0.6) is 0 Å². The molecule has 1 aliphatic rings. The van der Waals surface area contributed by atoms with Crippen molar-refractivity contribution >= 4 is 0 Å². The molecule has 1 atom stereocenters. The molecule has 0 aromatic heterocycles. The van der Waals surface area contributed by atoms with E-state index in [4.69, 9.17) is 4.84 Å². The van der Waals surface area contributed by atoms with Crippen LogP contribution in [0.25, 0.3) is 0 Å². The van der Waals surface area contributed by atoms with Crippen LogP contribution in [0, 0.1) is 6.92 Å². The van der Waals surface area contributed by atoms with Gasteiger partial charge in [0.1, 0.15) is 6.10 Å². The smallest absolute Gasteiger partial charge is 0.106 e. The van der Waals surface area contributed by atoms with Gasteiger partial charge in [-0.3, -0.25) is 4.84 Å². The maximum Gasteiger partial charge on any atom is 0.106 e. The van der Waals surface area contributed by atoms with E-state index in [2.05, 4.69) is 36.7 Å². The fraction of sp³-hybridized carbons (Fsp3) is 0.400. The van der Waals surface area contributed by atoms with E-state index in [9.17, 15) is 0 Å². The molecule has 1 aliphatic heterocycles. The molecule has 2 nitrogen and oxygen atoms in total. The van der Waals surface area contributed by atoms with Gasteiger partial charge in [0.15, 0.2) is 0 Å². The summed E-state index contributed by atoms with van der Waals surface area (Å²) in [7, 11) is 0. The highest BCUT2D eigenvalue weighted by molar-refractivity contribution is 5.27. The Hall–Kier alpha value is -0.860. The summed E-state index contributed by atoms with van der Waals surface area (Å²) in [4.78, 5) is 5.37. The van der Waals surface area contributed by atoms with Crippen LogP contribution in [-0.2, 0) is 4.84 Å². The molecular weight excluding hydrogens is 150 g/mol. The van der Waals surface area contributed by atoms with E-state index < -0.39 is 0 Å². The molecule has 1 unspecified atom stereocenters. The number of hydrogen-bond acceptors (Lipinski definition) is 2. The van der Waals surface area contributed by atoms with Gasteiger partial charge < -0.3 is 0 Å². The number of rotatable bonds is 1. The van der Waals surface area contributed by atoms with E-state index in [1.165, 1.54) is 11.1 Å². The van der Waals surface area contributed by atoms with Crippen molar-refractivity contribution in [1.29, 1.82) is 0 Å². The average Bonchev–Trinajstić information content (AvgIpc) is 2.57. The second kappa shape index (κ2) is 3.25. The van der Waals surface area contributed by atoms with Gasteiger partial charge in [-0.05, 0) is 24.5 Å². The summed E-state index contributed by atoms with van der Waals surface area (Å²) in [6.07, 6.45) is 1.33. The molecule has 2 heteroatoms. The van der Waals surface area contributed by atoms with E-state index in [0.29, 0.717) is 0 Å². The first-order valence-electron chi connectivity index (χ1n) is 4.32. The highest BCUT2D eigenvalue weighted by Crippen LogP contribution is 2.25. The van der Waals surface area contributed by atoms with E-state index in [-0.39, 0.29) is 6.10 Å². The first-order valence-corrected chi connectivity index (χ1v) is 4.32. The van der Waals surface area contributed by atoms with Crippen LogP contribution in [0.2, 0.25) is 0 Å². The van der Waals surface area contributed by atoms with Gasteiger partial charge >= 0.3 is 0 Å². The Morgan fingerprint density at radius 2 is 2.25 bits per heavy atom. The average molecular weight is 163 g/mol. The zero-order valence-electron chi connectivity index (χ0n) is 7.21. The Morgan fingerprint density at radius 3 is 2.92 bits per heavy atom. The van der Waals surface area contributed by atoms with Crippen molar-refractivity contribution in [3.63, 3.8) is 0 Å². The van der Waals surface area contributed by atoms with Crippen molar-refractivity contribution < 1.29 is 4.84 Å². The lowest BCUT2D eigenvalue weighted by molar-refractivity contribution is 0.0333. The molecule has 0 amide bonds. The highest BCUT2D eigenvalue weighted by Gasteiger charge is 2.18. The summed E-state index contributed by atoms with van der Waals surface area (Å²) < 4.78 is 0. The normalized spacial score (nSPS) is 22.9. The first-order chi connectivity index (χ1) is 5.88. The van der Waals surface area contributed by atoms with E-state index in [1.54, 1.807) is 0 Å². The fourth-order valence-corrected chi connectivity index (χ4v) is 1.58. The fourth-order valence-electron chi connectivity index (χ4n) is 1.58. The van der Waals surface area contributed by atoms with Crippen LogP contribution < -0.4 is 5.48 Å². The number of benzene rings is 1. The summed E-state index contributed by atoms with van der Waals surface area (Å²) in [5.41, 5.74) is 5.52. The Bertz CT molecular complexity index is 266. The Balaban J connectivity index is 2.26. The number of hydroxylamine groups is 1. The van der Waals surface area contributed by atoms with Gasteiger partial charge in [-0.1, -0.05) is 24.3 Å². The van der Waals surface area contributed by atoms with E-state index >= 15 is 0 Å². The summed E-state index contributed by atoms with van der Waals surface area (Å²) >= 11 is 0. The van der Waals surface area contributed by atoms with Crippen LogP contribution in [0.1, 0.15) is 23.7 Å². The summed E-state index contributed by atoms with van der Waals surface area (Å²) in [5, 5.41) is 0. The molecule has 12 heavy (non-hydrogen) atoms. The molecular formula is C10H13NO. The lowest BCUT2D eigenvalue weighted by atomic mass is 10.0. The van der Waals surface area contributed by atoms with Crippen LogP contribution >= 0.6 is 0 Å². The molecule has 0 spiro atoms. The maximum atomic E-state index is 5.37. The highest BCUT2D eigenvalue weighted by atomic mass is 16.7. The third kappa shape index (κ3) is 1.36. The van der Waals surface area contributed by atoms with Gasteiger partial charge in [-0.25, -0.2) is 5.48 Å². The third-order valence-electron chi connectivity index (χ3n) is 2.27. The molecule has 1 aromatic carbocycles. The molecule has 1 aromatic rings. The van der Waals surface area contributed by atoms with Gasteiger partial charge in [0, 0.05) is 6.54 Å². The molecule has 1 N–H and O–H groups in total. The SMILES string of the molecule is Cc1ccccc1C1CCNO1. The van der Waals surface area contributed by atoms with Crippen molar-refractivity contribution in [1.82, 2.24) is 5.48 Å². The summed E-state index contributed by atoms with van der Waals surface area (Å²) in [6.45, 7) is 3.08. The van der Waals surface area contributed by atoms with Gasteiger partial charge in [-0.15, -0.1) is 0 Å². The standard InChI is InChI=1S/C10H13NO/c1-8-4-2-3-5-9(8)10-6-7-11-12-10/h2-5,10-11H,6-7H2,1H3. The van der Waals surface area contributed by atoms with E-state index in [1.807, 2.05) is 0 Å². The topological polar surface area (TPSA) is 21.3 Å². The zero-order chi connectivity index (χ0) is 8.39. The maximum absolute atomic E-state index is 5.37. The predicted molar refractivity (Wildman–Crippen MR) is 47.6 cm³/mol. The van der Waals surface area contributed by atoms with Crippen molar-refractivity contribution in [3.05, 3.63) is 35.4 Å². The van der Waals surface area contributed by atoms with Crippen molar-refractivity contribution in [2.24, 2.45) is 0 Å². The van der Waals surface area contributed by atoms with Gasteiger partial charge in [0.25, 0.3) is 0 Å². The van der Waals surface area contributed by atoms with Crippen molar-refractivity contribution in [2.45, 2.75) is 19.4 Å².